The van der Waals surface area contributed by atoms with Gasteiger partial charge in [-0.15, -0.1) is 0 Å². The average Bonchev–Trinajstić information content (AvgIpc) is 1.88. The second kappa shape index (κ2) is 2.40. The molecule has 0 amide bonds. The lowest BCUT2D eigenvalue weighted by Gasteiger charge is -1.88. The van der Waals surface area contributed by atoms with E-state index in [0.29, 0.717) is 5.69 Å². The predicted molar refractivity (Wildman–Crippen MR) is 31.4 cm³/mol. The molecular weight excluding hydrogens is 100 g/mol. The van der Waals surface area contributed by atoms with Crippen molar-refractivity contribution in [2.24, 2.45) is 0 Å². The highest BCUT2D eigenvalue weighted by atomic mass is 14.8. The zero-order valence-corrected chi connectivity index (χ0v) is 4.63. The molecule has 0 bridgehead atoms. The number of aryl methyl sites for hydroxylation is 1. The van der Waals surface area contributed by atoms with E-state index < -0.39 is 6.37 Å². The van der Waals surface area contributed by atoms with Gasteiger partial charge < -0.3 is 0 Å². The molecule has 0 unspecified atom stereocenters. The van der Waals surface area contributed by atoms with Crippen molar-refractivity contribution < 1.29 is 2.74 Å². The third-order valence-corrected chi connectivity index (χ3v) is 0.819. The standard InChI is InChI=1S/C6H8N2/c1-2-6-5-7-3-4-8-6/h3-5H,2H2,1H3/i2D2. The van der Waals surface area contributed by atoms with Gasteiger partial charge in [0.15, 0.2) is 0 Å². The average molecular weight is 110 g/mol. The van der Waals surface area contributed by atoms with Crippen molar-refractivity contribution in [3.05, 3.63) is 24.3 Å². The Morgan fingerprint density at radius 1 is 1.75 bits per heavy atom. The summed E-state index contributed by atoms with van der Waals surface area (Å²) in [5.74, 6) is 0. The molecule has 2 nitrogen and oxygen atoms in total. The van der Waals surface area contributed by atoms with Crippen molar-refractivity contribution in [3.8, 4) is 0 Å². The first-order valence-electron chi connectivity index (χ1n) is 3.37. The molecule has 0 saturated heterocycles. The smallest absolute Gasteiger partial charge is 0.0583 e. The van der Waals surface area contributed by atoms with E-state index in [2.05, 4.69) is 9.97 Å². The minimum Gasteiger partial charge on any atom is -0.261 e. The van der Waals surface area contributed by atoms with Crippen LogP contribution in [0.1, 0.15) is 15.4 Å². The van der Waals surface area contributed by atoms with Crippen molar-refractivity contribution in [1.82, 2.24) is 9.97 Å². The van der Waals surface area contributed by atoms with Gasteiger partial charge in [-0.1, -0.05) is 6.92 Å². The molecular formula is C6H8N2. The molecule has 0 saturated carbocycles. The Kier molecular flexibility index (Phi) is 0.954. The summed E-state index contributed by atoms with van der Waals surface area (Å²) in [6.45, 7) is 1.46. The van der Waals surface area contributed by atoms with Crippen LogP contribution >= 0.6 is 0 Å². The molecule has 0 spiro atoms. The van der Waals surface area contributed by atoms with Crippen molar-refractivity contribution in [2.45, 2.75) is 13.3 Å². The maximum Gasteiger partial charge on any atom is 0.0583 e. The van der Waals surface area contributed by atoms with Crippen LogP contribution in [0.3, 0.4) is 0 Å². The van der Waals surface area contributed by atoms with Gasteiger partial charge in [0.25, 0.3) is 0 Å². The third kappa shape index (κ3) is 1.03. The second-order valence-electron chi connectivity index (χ2n) is 1.34. The van der Waals surface area contributed by atoms with Gasteiger partial charge in [0, 0.05) is 21.3 Å². The Hall–Kier alpha value is -0.920. The molecule has 1 aromatic rings. The minimum absolute atomic E-state index is 0.370. The van der Waals surface area contributed by atoms with Crippen molar-refractivity contribution in [3.63, 3.8) is 0 Å². The SMILES string of the molecule is [2H]C([2H])(C)c1cnccn1. The van der Waals surface area contributed by atoms with Gasteiger partial charge in [0.05, 0.1) is 5.69 Å². The minimum atomic E-state index is -1.38. The fourth-order valence-corrected chi connectivity index (χ4v) is 0.428. The molecule has 2 heteroatoms. The van der Waals surface area contributed by atoms with Gasteiger partial charge in [-0.2, -0.15) is 0 Å². The van der Waals surface area contributed by atoms with Gasteiger partial charge in [-0.25, -0.2) is 0 Å². The number of nitrogens with zero attached hydrogens (tertiary/aromatic N) is 2. The topological polar surface area (TPSA) is 25.8 Å². The Morgan fingerprint density at radius 3 is 3.00 bits per heavy atom. The molecule has 0 aliphatic heterocycles. The van der Waals surface area contributed by atoms with Gasteiger partial charge in [0.1, 0.15) is 0 Å². The highest BCUT2D eigenvalue weighted by Crippen LogP contribution is 1.87. The Bertz CT molecular complexity index is 205. The van der Waals surface area contributed by atoms with Crippen LogP contribution in [0.25, 0.3) is 0 Å². The largest absolute Gasteiger partial charge is 0.261 e. The lowest BCUT2D eigenvalue weighted by Crippen LogP contribution is -1.84. The highest BCUT2D eigenvalue weighted by molar-refractivity contribution is 4.92. The van der Waals surface area contributed by atoms with Gasteiger partial charge in [0.2, 0.25) is 0 Å². The molecule has 0 aliphatic rings. The summed E-state index contributed by atoms with van der Waals surface area (Å²) in [6.07, 6.45) is 3.06. The Morgan fingerprint density at radius 2 is 2.62 bits per heavy atom. The molecule has 0 aliphatic carbocycles. The normalized spacial score (nSPS) is 14.6. The lowest BCUT2D eigenvalue weighted by atomic mass is 10.4. The van der Waals surface area contributed by atoms with Crippen molar-refractivity contribution in [2.75, 3.05) is 0 Å². The van der Waals surface area contributed by atoms with Crippen LogP contribution in [-0.4, -0.2) is 9.97 Å². The van der Waals surface area contributed by atoms with Crippen LogP contribution in [0.2, 0.25) is 0 Å². The van der Waals surface area contributed by atoms with Crippen LogP contribution in [0.15, 0.2) is 18.6 Å². The predicted octanol–water partition coefficient (Wildman–Crippen LogP) is 1.04. The fraction of sp³-hybridized carbons (Fsp3) is 0.333. The van der Waals surface area contributed by atoms with E-state index in [1.807, 2.05) is 0 Å². The van der Waals surface area contributed by atoms with Crippen LogP contribution in [0, 0.1) is 0 Å². The molecule has 0 N–H and O–H groups in total. The van der Waals surface area contributed by atoms with Crippen molar-refractivity contribution >= 4 is 0 Å². The summed E-state index contributed by atoms with van der Waals surface area (Å²) in [5, 5.41) is 0. The van der Waals surface area contributed by atoms with Crippen LogP contribution in [-0.2, 0) is 6.37 Å². The maximum absolute atomic E-state index is 7.24. The first-order valence-corrected chi connectivity index (χ1v) is 2.37. The summed E-state index contributed by atoms with van der Waals surface area (Å²) in [5.41, 5.74) is 0.370. The van der Waals surface area contributed by atoms with E-state index in [1.54, 1.807) is 0 Å². The molecule has 1 rings (SSSR count). The number of hydrogen-bond acceptors (Lipinski definition) is 2. The summed E-state index contributed by atoms with van der Waals surface area (Å²) in [4.78, 5) is 7.56. The molecule has 1 aromatic heterocycles. The molecule has 0 atom stereocenters. The van der Waals surface area contributed by atoms with Gasteiger partial charge in [-0.05, 0) is 6.37 Å². The lowest BCUT2D eigenvalue weighted by molar-refractivity contribution is 1.000. The first-order chi connectivity index (χ1) is 4.61. The van der Waals surface area contributed by atoms with E-state index in [1.165, 1.54) is 25.5 Å². The highest BCUT2D eigenvalue weighted by Gasteiger charge is 1.82. The third-order valence-electron chi connectivity index (χ3n) is 0.819. The molecule has 8 heavy (non-hydrogen) atoms. The van der Waals surface area contributed by atoms with Crippen LogP contribution in [0.4, 0.5) is 0 Å². The summed E-state index contributed by atoms with van der Waals surface area (Å²) in [7, 11) is 0. The summed E-state index contributed by atoms with van der Waals surface area (Å²) in [6, 6.07) is 0. The second-order valence-corrected chi connectivity index (χ2v) is 1.34. The van der Waals surface area contributed by atoms with E-state index in [9.17, 15) is 0 Å². The number of aromatic nitrogens is 2. The van der Waals surface area contributed by atoms with Crippen molar-refractivity contribution in [1.29, 1.82) is 0 Å². The van der Waals surface area contributed by atoms with E-state index in [-0.39, 0.29) is 0 Å². The summed E-state index contributed by atoms with van der Waals surface area (Å²) < 4.78 is 14.5. The molecule has 0 fully saturated rings. The number of rotatable bonds is 1. The maximum atomic E-state index is 7.24. The molecule has 0 radical (unpaired) electrons. The first kappa shape index (κ1) is 3.17. The quantitative estimate of drug-likeness (QED) is 0.539. The van der Waals surface area contributed by atoms with Gasteiger partial charge >= 0.3 is 0 Å². The Labute approximate surface area is 51.4 Å². The van der Waals surface area contributed by atoms with Crippen LogP contribution < -0.4 is 0 Å². The molecule has 1 heterocycles. The van der Waals surface area contributed by atoms with E-state index in [4.69, 9.17) is 2.74 Å². The number of hydrogen-bond donors (Lipinski definition) is 0. The zero-order chi connectivity index (χ0) is 7.61. The monoisotopic (exact) mass is 110 g/mol. The molecule has 42 valence electrons. The zero-order valence-electron chi connectivity index (χ0n) is 6.63. The van der Waals surface area contributed by atoms with Crippen LogP contribution in [0.5, 0.6) is 0 Å². The Balaban J connectivity index is 2.97. The van der Waals surface area contributed by atoms with E-state index in [0.717, 1.165) is 0 Å². The fourth-order valence-electron chi connectivity index (χ4n) is 0.428. The van der Waals surface area contributed by atoms with E-state index >= 15 is 0 Å². The summed E-state index contributed by atoms with van der Waals surface area (Å²) >= 11 is 0. The van der Waals surface area contributed by atoms with Gasteiger partial charge in [-0.3, -0.25) is 9.97 Å². The molecule has 0 aromatic carbocycles.